The number of aromatic nitrogens is 2. The molecule has 0 saturated heterocycles. The van der Waals surface area contributed by atoms with E-state index in [1.54, 1.807) is 0 Å². The number of hydrogen-bond donors (Lipinski definition) is 1. The van der Waals surface area contributed by atoms with E-state index in [4.69, 9.17) is 0 Å². The average molecular weight is 294 g/mol. The molecule has 0 fully saturated rings. The van der Waals surface area contributed by atoms with Crippen LogP contribution in [0.2, 0.25) is 0 Å². The molecule has 2 heterocycles. The van der Waals surface area contributed by atoms with Crippen molar-refractivity contribution in [2.75, 3.05) is 0 Å². The predicted octanol–water partition coefficient (Wildman–Crippen LogP) is 1.83. The first-order valence-electron chi connectivity index (χ1n) is 5.69. The predicted molar refractivity (Wildman–Crippen MR) is 64.0 cm³/mol. The number of carbonyl (C=O) groups excluding carboxylic acids is 2. The molecule has 1 N–H and O–H groups in total. The van der Waals surface area contributed by atoms with Gasteiger partial charge in [-0.2, -0.15) is 13.2 Å². The second kappa shape index (κ2) is 4.11. The second-order valence-electron chi connectivity index (χ2n) is 4.35. The minimum absolute atomic E-state index is 0.134. The summed E-state index contributed by atoms with van der Waals surface area (Å²) in [6, 6.07) is 2.91. The summed E-state index contributed by atoms with van der Waals surface area (Å²) in [5.41, 5.74) is -3.73. The summed E-state index contributed by atoms with van der Waals surface area (Å²) in [6.45, 7) is 0. The van der Waals surface area contributed by atoms with Gasteiger partial charge in [-0.15, -0.1) is 0 Å². The molecule has 0 spiro atoms. The molecule has 21 heavy (non-hydrogen) atoms. The van der Waals surface area contributed by atoms with Crippen molar-refractivity contribution in [3.8, 4) is 11.4 Å². The molecular formula is C13H5F3N2O3. The number of ketones is 2. The third-order valence-corrected chi connectivity index (χ3v) is 3.06. The highest BCUT2D eigenvalue weighted by atomic mass is 19.4. The Balaban J connectivity index is 2.42. The van der Waals surface area contributed by atoms with Crippen molar-refractivity contribution >= 4 is 11.6 Å². The fraction of sp³-hybridized carbons (Fsp3) is 0.0769. The topological polar surface area (TPSA) is 79.9 Å². The Kier molecular flexibility index (Phi) is 2.59. The SMILES string of the molecule is O=C1C(=O)c2c([nH]c(C(F)(F)F)cc2=O)-c2ncccc21. The number of nitrogens with one attached hydrogen (secondary N) is 1. The zero-order valence-corrected chi connectivity index (χ0v) is 10.1. The Labute approximate surface area is 114 Å². The number of alkyl halides is 3. The van der Waals surface area contributed by atoms with E-state index in [1.165, 1.54) is 18.3 Å². The molecule has 0 amide bonds. The van der Waals surface area contributed by atoms with E-state index >= 15 is 0 Å². The Hall–Kier alpha value is -2.77. The maximum Gasteiger partial charge on any atom is 0.431 e. The minimum Gasteiger partial charge on any atom is -0.349 e. The summed E-state index contributed by atoms with van der Waals surface area (Å²) in [5, 5.41) is 0. The molecule has 3 rings (SSSR count). The molecule has 8 heteroatoms. The number of carbonyl (C=O) groups is 2. The molecule has 0 unspecified atom stereocenters. The first kappa shape index (κ1) is 13.2. The largest absolute Gasteiger partial charge is 0.431 e. The average Bonchev–Trinajstić information content (AvgIpc) is 2.43. The van der Waals surface area contributed by atoms with Crippen molar-refractivity contribution in [3.63, 3.8) is 0 Å². The van der Waals surface area contributed by atoms with E-state index in [0.717, 1.165) is 0 Å². The maximum absolute atomic E-state index is 12.7. The lowest BCUT2D eigenvalue weighted by atomic mass is 9.90. The molecule has 1 aliphatic rings. The zero-order valence-electron chi connectivity index (χ0n) is 10.1. The number of H-pyrrole nitrogens is 1. The first-order valence-corrected chi connectivity index (χ1v) is 5.69. The molecule has 106 valence electrons. The van der Waals surface area contributed by atoms with Crippen molar-refractivity contribution < 1.29 is 22.8 Å². The van der Waals surface area contributed by atoms with Crippen LogP contribution >= 0.6 is 0 Å². The van der Waals surface area contributed by atoms with Crippen LogP contribution in [-0.2, 0) is 6.18 Å². The third kappa shape index (κ3) is 1.87. The summed E-state index contributed by atoms with van der Waals surface area (Å²) >= 11 is 0. The van der Waals surface area contributed by atoms with Gasteiger partial charge in [0.2, 0.25) is 11.6 Å². The Bertz CT molecular complexity index is 852. The van der Waals surface area contributed by atoms with Crippen molar-refractivity contribution in [1.82, 2.24) is 9.97 Å². The Morgan fingerprint density at radius 2 is 1.81 bits per heavy atom. The summed E-state index contributed by atoms with van der Waals surface area (Å²) in [7, 11) is 0. The molecular weight excluding hydrogens is 289 g/mol. The van der Waals surface area contributed by atoms with Gasteiger partial charge in [0.05, 0.1) is 22.5 Å². The van der Waals surface area contributed by atoms with E-state index in [1.807, 2.05) is 4.98 Å². The lowest BCUT2D eigenvalue weighted by molar-refractivity contribution is -0.141. The summed E-state index contributed by atoms with van der Waals surface area (Å²) in [4.78, 5) is 41.3. The van der Waals surface area contributed by atoms with E-state index < -0.39 is 34.4 Å². The van der Waals surface area contributed by atoms with Gasteiger partial charge in [0, 0.05) is 12.3 Å². The third-order valence-electron chi connectivity index (χ3n) is 3.06. The van der Waals surface area contributed by atoms with Crippen LogP contribution in [0.15, 0.2) is 29.2 Å². The van der Waals surface area contributed by atoms with Gasteiger partial charge >= 0.3 is 6.18 Å². The molecule has 5 nitrogen and oxygen atoms in total. The fourth-order valence-electron chi connectivity index (χ4n) is 2.14. The number of hydrogen-bond acceptors (Lipinski definition) is 4. The molecule has 0 saturated carbocycles. The number of pyridine rings is 2. The van der Waals surface area contributed by atoms with Crippen molar-refractivity contribution in [3.05, 3.63) is 51.4 Å². The van der Waals surface area contributed by atoms with Gasteiger partial charge in [0.15, 0.2) is 5.43 Å². The highest BCUT2D eigenvalue weighted by Gasteiger charge is 2.38. The van der Waals surface area contributed by atoms with Crippen LogP contribution in [0.4, 0.5) is 13.2 Å². The highest BCUT2D eigenvalue weighted by molar-refractivity contribution is 6.52. The van der Waals surface area contributed by atoms with Crippen LogP contribution in [0, 0.1) is 0 Å². The van der Waals surface area contributed by atoms with Gasteiger partial charge in [0.1, 0.15) is 5.69 Å². The van der Waals surface area contributed by atoms with Gasteiger partial charge in [-0.05, 0) is 12.1 Å². The zero-order chi connectivity index (χ0) is 15.4. The highest BCUT2D eigenvalue weighted by Crippen LogP contribution is 2.32. The monoisotopic (exact) mass is 294 g/mol. The molecule has 0 radical (unpaired) electrons. The molecule has 1 aliphatic carbocycles. The van der Waals surface area contributed by atoms with Crippen LogP contribution in [0.25, 0.3) is 11.4 Å². The second-order valence-corrected chi connectivity index (χ2v) is 4.35. The van der Waals surface area contributed by atoms with Crippen LogP contribution in [-0.4, -0.2) is 21.5 Å². The number of halogens is 3. The van der Waals surface area contributed by atoms with Gasteiger partial charge in [-0.25, -0.2) is 0 Å². The maximum atomic E-state index is 12.7. The molecule has 0 aliphatic heterocycles. The quantitative estimate of drug-likeness (QED) is 0.752. The van der Waals surface area contributed by atoms with E-state index in [0.29, 0.717) is 0 Å². The number of Topliss-reactive ketones (excluding diaryl/α,β-unsaturated/α-hetero) is 2. The van der Waals surface area contributed by atoms with Crippen LogP contribution in [0.1, 0.15) is 26.4 Å². The van der Waals surface area contributed by atoms with E-state index in [9.17, 15) is 27.6 Å². The van der Waals surface area contributed by atoms with E-state index in [2.05, 4.69) is 4.98 Å². The number of aromatic amines is 1. The number of nitrogens with zero attached hydrogens (tertiary/aromatic N) is 1. The van der Waals surface area contributed by atoms with Gasteiger partial charge in [-0.1, -0.05) is 0 Å². The Morgan fingerprint density at radius 3 is 2.48 bits per heavy atom. The van der Waals surface area contributed by atoms with Gasteiger partial charge in [0.25, 0.3) is 0 Å². The van der Waals surface area contributed by atoms with Crippen LogP contribution < -0.4 is 5.43 Å². The first-order chi connectivity index (χ1) is 9.80. The molecule has 2 aromatic heterocycles. The minimum atomic E-state index is -4.78. The summed E-state index contributed by atoms with van der Waals surface area (Å²) in [6.07, 6.45) is -3.53. The van der Waals surface area contributed by atoms with Crippen LogP contribution in [0.5, 0.6) is 0 Å². The van der Waals surface area contributed by atoms with Crippen LogP contribution in [0.3, 0.4) is 0 Å². The summed E-state index contributed by atoms with van der Waals surface area (Å²) in [5.74, 6) is -2.10. The molecule has 0 bridgehead atoms. The normalized spacial score (nSPS) is 13.9. The van der Waals surface area contributed by atoms with Gasteiger partial charge < -0.3 is 4.98 Å². The van der Waals surface area contributed by atoms with Crippen molar-refractivity contribution in [2.45, 2.75) is 6.18 Å². The molecule has 0 aromatic carbocycles. The smallest absolute Gasteiger partial charge is 0.349 e. The fourth-order valence-corrected chi connectivity index (χ4v) is 2.14. The summed E-state index contributed by atoms with van der Waals surface area (Å²) < 4.78 is 38.2. The standard InChI is InChI=1S/C13H5F3N2O3/c14-13(15,16)7-4-6(19)8-10(18-7)9-5(2-1-3-17-9)11(20)12(8)21/h1-4H,(H,18,19). The number of fused-ring (bicyclic) bond motifs is 3. The lowest BCUT2D eigenvalue weighted by Crippen LogP contribution is -2.30. The van der Waals surface area contributed by atoms with Gasteiger partial charge in [-0.3, -0.25) is 19.4 Å². The molecule has 0 atom stereocenters. The van der Waals surface area contributed by atoms with Crippen molar-refractivity contribution in [2.24, 2.45) is 0 Å². The number of rotatable bonds is 0. The lowest BCUT2D eigenvalue weighted by Gasteiger charge is -2.17. The molecule has 2 aromatic rings. The van der Waals surface area contributed by atoms with Crippen molar-refractivity contribution in [1.29, 1.82) is 0 Å². The van der Waals surface area contributed by atoms with E-state index in [-0.39, 0.29) is 23.0 Å². The Morgan fingerprint density at radius 1 is 1.10 bits per heavy atom.